The van der Waals surface area contributed by atoms with Gasteiger partial charge in [0.2, 0.25) is 0 Å². The quantitative estimate of drug-likeness (QED) is 0.433. The van der Waals surface area contributed by atoms with E-state index in [9.17, 15) is 10.1 Å². The van der Waals surface area contributed by atoms with Gasteiger partial charge < -0.3 is 5.73 Å². The maximum absolute atomic E-state index is 9.94. The lowest BCUT2D eigenvalue weighted by atomic mass is 10.3. The van der Waals surface area contributed by atoms with Crippen LogP contribution in [-0.4, -0.2) is 5.09 Å². The van der Waals surface area contributed by atoms with E-state index in [1.165, 1.54) is 12.1 Å². The van der Waals surface area contributed by atoms with Crippen molar-refractivity contribution in [3.8, 4) is 5.75 Å². The minimum atomic E-state index is -0.961. The monoisotopic (exact) mass is 188 g/mol. The van der Waals surface area contributed by atoms with Crippen LogP contribution >= 0.6 is 11.6 Å². The molecule has 0 radical (unpaired) electrons. The summed E-state index contributed by atoms with van der Waals surface area (Å²) >= 11 is 5.56. The van der Waals surface area contributed by atoms with Crippen molar-refractivity contribution in [1.82, 2.24) is 0 Å². The summed E-state index contributed by atoms with van der Waals surface area (Å²) in [6, 6.07) is 4.49. The highest BCUT2D eigenvalue weighted by atomic mass is 35.5. The van der Waals surface area contributed by atoms with E-state index in [1.807, 2.05) is 0 Å². The minimum absolute atomic E-state index is 0.117. The summed E-state index contributed by atoms with van der Waals surface area (Å²) < 4.78 is 0. The Hall–Kier alpha value is -1.49. The third-order valence-electron chi connectivity index (χ3n) is 1.16. The fourth-order valence-electron chi connectivity index (χ4n) is 0.696. The third kappa shape index (κ3) is 1.76. The highest BCUT2D eigenvalue weighted by Crippen LogP contribution is 2.30. The molecule has 0 aliphatic carbocycles. The van der Waals surface area contributed by atoms with Crippen LogP contribution in [0.1, 0.15) is 0 Å². The van der Waals surface area contributed by atoms with Crippen LogP contribution in [0, 0.1) is 10.1 Å². The van der Waals surface area contributed by atoms with Gasteiger partial charge in [0.05, 0.1) is 10.7 Å². The molecule has 1 rings (SSSR count). The predicted molar refractivity (Wildman–Crippen MR) is 43.5 cm³/mol. The summed E-state index contributed by atoms with van der Waals surface area (Å²) in [5.41, 5.74) is 5.49. The lowest BCUT2D eigenvalue weighted by molar-refractivity contribution is -0.710. The van der Waals surface area contributed by atoms with Crippen LogP contribution in [0.4, 0.5) is 5.69 Å². The number of hydrogen-bond donors (Lipinski definition) is 1. The highest BCUT2D eigenvalue weighted by molar-refractivity contribution is 6.32. The lowest BCUT2D eigenvalue weighted by Gasteiger charge is -2.03. The highest BCUT2D eigenvalue weighted by Gasteiger charge is 2.08. The summed E-state index contributed by atoms with van der Waals surface area (Å²) in [6.45, 7) is 0. The Morgan fingerprint density at radius 3 is 2.75 bits per heavy atom. The number of rotatable bonds is 2. The molecule has 0 saturated heterocycles. The summed E-state index contributed by atoms with van der Waals surface area (Å²) in [5, 5.41) is 9.10. The van der Waals surface area contributed by atoms with Crippen molar-refractivity contribution in [2.75, 3.05) is 5.73 Å². The van der Waals surface area contributed by atoms with Gasteiger partial charge in [-0.1, -0.05) is 17.7 Å². The zero-order valence-corrected chi connectivity index (χ0v) is 6.62. The van der Waals surface area contributed by atoms with E-state index in [0.29, 0.717) is 0 Å². The zero-order valence-electron chi connectivity index (χ0n) is 5.86. The smallest absolute Gasteiger partial charge is 0.299 e. The van der Waals surface area contributed by atoms with Crippen molar-refractivity contribution in [2.24, 2.45) is 0 Å². The maximum Gasteiger partial charge on any atom is 0.299 e. The van der Waals surface area contributed by atoms with Gasteiger partial charge in [-0.3, -0.25) is 4.84 Å². The van der Waals surface area contributed by atoms with Gasteiger partial charge in [0.25, 0.3) is 5.09 Å². The Kier molecular flexibility index (Phi) is 2.35. The molecule has 0 aromatic heterocycles. The first-order chi connectivity index (χ1) is 5.61. The molecule has 0 fully saturated rings. The summed E-state index contributed by atoms with van der Waals surface area (Å²) in [7, 11) is 0. The van der Waals surface area contributed by atoms with E-state index in [2.05, 4.69) is 4.84 Å². The van der Waals surface area contributed by atoms with Gasteiger partial charge in [-0.25, -0.2) is 0 Å². The molecule has 0 bridgehead atoms. The first-order valence-corrected chi connectivity index (χ1v) is 3.35. The second-order valence-corrected chi connectivity index (χ2v) is 2.38. The summed E-state index contributed by atoms with van der Waals surface area (Å²) in [4.78, 5) is 14.1. The van der Waals surface area contributed by atoms with Gasteiger partial charge >= 0.3 is 0 Å². The molecule has 12 heavy (non-hydrogen) atoms. The van der Waals surface area contributed by atoms with E-state index in [-0.39, 0.29) is 16.5 Å². The van der Waals surface area contributed by atoms with Gasteiger partial charge in [-0.15, -0.1) is 10.1 Å². The maximum atomic E-state index is 9.94. The van der Waals surface area contributed by atoms with Crippen LogP contribution in [0.2, 0.25) is 5.02 Å². The normalized spacial score (nSPS) is 9.42. The zero-order chi connectivity index (χ0) is 9.14. The standard InChI is InChI=1S/C6H5ClN2O3/c7-4-2-1-3-5(8)6(4)12-9(10)11/h1-3H,8H2. The average molecular weight is 189 g/mol. The number of nitrogen functional groups attached to an aromatic ring is 1. The fraction of sp³-hybridized carbons (Fsp3) is 0. The van der Waals surface area contributed by atoms with Crippen molar-refractivity contribution in [3.63, 3.8) is 0 Å². The van der Waals surface area contributed by atoms with Gasteiger partial charge in [0.1, 0.15) is 0 Å². The van der Waals surface area contributed by atoms with Crippen molar-refractivity contribution >= 4 is 17.3 Å². The van der Waals surface area contributed by atoms with E-state index >= 15 is 0 Å². The lowest BCUT2D eigenvalue weighted by Crippen LogP contribution is -2.05. The molecule has 0 spiro atoms. The largest absolute Gasteiger partial charge is 0.397 e. The van der Waals surface area contributed by atoms with Crippen molar-refractivity contribution in [3.05, 3.63) is 33.3 Å². The average Bonchev–Trinajstić information content (AvgIpc) is 1.97. The number of nitrogens with zero attached hydrogens (tertiary/aromatic N) is 1. The Morgan fingerprint density at radius 1 is 1.58 bits per heavy atom. The number of hydrogen-bond acceptors (Lipinski definition) is 4. The van der Waals surface area contributed by atoms with Crippen LogP contribution in [0.3, 0.4) is 0 Å². The molecular weight excluding hydrogens is 184 g/mol. The van der Waals surface area contributed by atoms with Gasteiger partial charge in [-0.2, -0.15) is 0 Å². The third-order valence-corrected chi connectivity index (χ3v) is 1.46. The molecule has 64 valence electrons. The van der Waals surface area contributed by atoms with E-state index < -0.39 is 5.09 Å². The van der Waals surface area contributed by atoms with Crippen LogP contribution in [0.25, 0.3) is 0 Å². The molecule has 6 heteroatoms. The molecule has 0 aliphatic heterocycles. The van der Waals surface area contributed by atoms with Crippen molar-refractivity contribution in [2.45, 2.75) is 0 Å². The summed E-state index contributed by atoms with van der Waals surface area (Å²) in [6.07, 6.45) is 0. The predicted octanol–water partition coefficient (Wildman–Crippen LogP) is 1.49. The molecule has 0 saturated carbocycles. The first kappa shape index (κ1) is 8.61. The number of halogens is 1. The van der Waals surface area contributed by atoms with Crippen molar-refractivity contribution < 1.29 is 9.92 Å². The van der Waals surface area contributed by atoms with E-state index in [1.54, 1.807) is 6.07 Å². The van der Waals surface area contributed by atoms with Gasteiger partial charge in [0, 0.05) is 0 Å². The number of anilines is 1. The Morgan fingerprint density at radius 2 is 2.25 bits per heavy atom. The molecule has 0 atom stereocenters. The SMILES string of the molecule is Nc1cccc(Cl)c1O[N+](=O)[O-]. The van der Waals surface area contributed by atoms with Crippen molar-refractivity contribution in [1.29, 1.82) is 0 Å². The molecule has 0 amide bonds. The van der Waals surface area contributed by atoms with Crippen LogP contribution in [0.5, 0.6) is 5.75 Å². The molecule has 2 N–H and O–H groups in total. The number of benzene rings is 1. The molecule has 5 nitrogen and oxygen atoms in total. The molecule has 1 aromatic rings. The molecule has 0 unspecified atom stereocenters. The van der Waals surface area contributed by atoms with Gasteiger partial charge in [0.15, 0.2) is 5.75 Å². The fourth-order valence-corrected chi connectivity index (χ4v) is 0.913. The van der Waals surface area contributed by atoms with E-state index in [4.69, 9.17) is 17.3 Å². The van der Waals surface area contributed by atoms with Gasteiger partial charge in [-0.05, 0) is 12.1 Å². The molecular formula is C6H5ClN2O3. The molecule has 0 aliphatic rings. The first-order valence-electron chi connectivity index (χ1n) is 2.97. The topological polar surface area (TPSA) is 78.4 Å². The van der Waals surface area contributed by atoms with E-state index in [0.717, 1.165) is 0 Å². The Balaban J connectivity index is 3.04. The number of nitrogens with two attached hydrogens (primary N) is 1. The Bertz CT molecular complexity index is 295. The molecule has 1 aromatic carbocycles. The second-order valence-electron chi connectivity index (χ2n) is 1.97. The van der Waals surface area contributed by atoms with Crippen LogP contribution in [0.15, 0.2) is 18.2 Å². The van der Waals surface area contributed by atoms with Crippen LogP contribution in [-0.2, 0) is 0 Å². The van der Waals surface area contributed by atoms with Crippen LogP contribution < -0.4 is 10.6 Å². The Labute approximate surface area is 72.8 Å². The minimum Gasteiger partial charge on any atom is -0.397 e. The summed E-state index contributed by atoms with van der Waals surface area (Å²) in [5.74, 6) is -0.121. The number of para-hydroxylation sites is 1. The second kappa shape index (κ2) is 3.27. The molecule has 0 heterocycles.